The van der Waals surface area contributed by atoms with Crippen molar-refractivity contribution < 1.29 is 9.90 Å². The number of carbonyl (C=O) groups is 1. The number of pyridine rings is 1. The van der Waals surface area contributed by atoms with E-state index in [1.165, 1.54) is 4.90 Å². The molecule has 6 rings (SSSR count). The Morgan fingerprint density at radius 1 is 0.946 bits per heavy atom. The third-order valence-corrected chi connectivity index (χ3v) is 6.97. The minimum atomic E-state index is -0.957. The molecule has 0 fully saturated rings. The van der Waals surface area contributed by atoms with Crippen LogP contribution >= 0.6 is 11.3 Å². The van der Waals surface area contributed by atoms with E-state index in [2.05, 4.69) is 50.9 Å². The van der Waals surface area contributed by atoms with Crippen LogP contribution in [0.5, 0.6) is 0 Å². The second-order valence-electron chi connectivity index (χ2n) is 8.61. The molecule has 0 aliphatic rings. The van der Waals surface area contributed by atoms with Gasteiger partial charge < -0.3 is 14.6 Å². The number of imidazole rings is 1. The summed E-state index contributed by atoms with van der Waals surface area (Å²) in [7, 11) is 1.56. The molecule has 182 valence electrons. The second-order valence-corrected chi connectivity index (χ2v) is 9.51. The Kier molecular flexibility index (Phi) is 5.74. The molecular formula is C28H22N6O2S. The zero-order valence-electron chi connectivity index (χ0n) is 19.9. The SMILES string of the molecule is CN(Cc1ccc(-n2cc(-c3nccs3)nc2-c2ccc(-n3ccc4cccnc43)cc2)cc1)C(=O)O. The van der Waals surface area contributed by atoms with E-state index in [-0.39, 0.29) is 0 Å². The van der Waals surface area contributed by atoms with Crippen LogP contribution in [0.3, 0.4) is 0 Å². The third-order valence-electron chi connectivity index (χ3n) is 6.17. The van der Waals surface area contributed by atoms with Crippen molar-refractivity contribution in [2.75, 3.05) is 7.05 Å². The van der Waals surface area contributed by atoms with Crippen molar-refractivity contribution in [3.05, 3.63) is 102 Å². The molecule has 0 radical (unpaired) electrons. The van der Waals surface area contributed by atoms with Gasteiger partial charge in [-0.15, -0.1) is 11.3 Å². The maximum Gasteiger partial charge on any atom is 0.407 e. The lowest BCUT2D eigenvalue weighted by Gasteiger charge is -2.14. The summed E-state index contributed by atoms with van der Waals surface area (Å²) in [4.78, 5) is 26.3. The number of rotatable bonds is 6. The molecular weight excluding hydrogens is 484 g/mol. The van der Waals surface area contributed by atoms with Gasteiger partial charge in [-0.1, -0.05) is 12.1 Å². The van der Waals surface area contributed by atoms with Crippen LogP contribution in [0.1, 0.15) is 5.56 Å². The van der Waals surface area contributed by atoms with Crippen LogP contribution in [-0.4, -0.2) is 47.2 Å². The summed E-state index contributed by atoms with van der Waals surface area (Å²) in [6.07, 6.45) is 6.63. The van der Waals surface area contributed by atoms with Crippen LogP contribution in [0.2, 0.25) is 0 Å². The first kappa shape index (κ1) is 22.7. The lowest BCUT2D eigenvalue weighted by Crippen LogP contribution is -2.23. The zero-order valence-corrected chi connectivity index (χ0v) is 20.7. The van der Waals surface area contributed by atoms with Crippen molar-refractivity contribution in [3.63, 3.8) is 0 Å². The molecule has 0 saturated carbocycles. The van der Waals surface area contributed by atoms with E-state index in [1.54, 1.807) is 30.8 Å². The van der Waals surface area contributed by atoms with Gasteiger partial charge in [-0.2, -0.15) is 0 Å². The highest BCUT2D eigenvalue weighted by Gasteiger charge is 2.16. The average Bonchev–Trinajstić information content (AvgIpc) is 3.69. The monoisotopic (exact) mass is 506 g/mol. The van der Waals surface area contributed by atoms with Gasteiger partial charge in [0.1, 0.15) is 22.2 Å². The van der Waals surface area contributed by atoms with Gasteiger partial charge in [0.05, 0.1) is 0 Å². The number of hydrogen-bond acceptors (Lipinski definition) is 5. The van der Waals surface area contributed by atoms with E-state index in [0.29, 0.717) is 6.54 Å². The molecule has 0 unspecified atom stereocenters. The summed E-state index contributed by atoms with van der Waals surface area (Å²) < 4.78 is 4.11. The first-order valence-corrected chi connectivity index (χ1v) is 12.5. The van der Waals surface area contributed by atoms with E-state index in [9.17, 15) is 4.79 Å². The van der Waals surface area contributed by atoms with E-state index in [0.717, 1.165) is 50.1 Å². The molecule has 4 heterocycles. The maximum atomic E-state index is 11.2. The normalized spacial score (nSPS) is 11.2. The number of nitrogens with zero attached hydrogens (tertiary/aromatic N) is 6. The van der Waals surface area contributed by atoms with Gasteiger partial charge in [0.2, 0.25) is 0 Å². The third kappa shape index (κ3) is 4.36. The van der Waals surface area contributed by atoms with Crippen LogP contribution in [0.4, 0.5) is 4.79 Å². The van der Waals surface area contributed by atoms with Gasteiger partial charge in [0.25, 0.3) is 0 Å². The predicted octanol–water partition coefficient (Wildman–Crippen LogP) is 6.11. The van der Waals surface area contributed by atoms with Crippen molar-refractivity contribution in [2.24, 2.45) is 0 Å². The Morgan fingerprint density at radius 3 is 2.43 bits per heavy atom. The Labute approximate surface area is 216 Å². The van der Waals surface area contributed by atoms with Crippen LogP contribution in [-0.2, 0) is 6.54 Å². The lowest BCUT2D eigenvalue weighted by molar-refractivity contribution is 0.154. The molecule has 8 nitrogen and oxygen atoms in total. The highest BCUT2D eigenvalue weighted by atomic mass is 32.1. The topological polar surface area (TPSA) is 89.1 Å². The molecule has 0 atom stereocenters. The van der Waals surface area contributed by atoms with Gasteiger partial charge in [-0.25, -0.2) is 19.7 Å². The Bertz CT molecular complexity index is 1690. The summed E-state index contributed by atoms with van der Waals surface area (Å²) in [5, 5.41) is 13.0. The number of carboxylic acid groups (broad SMARTS) is 1. The Balaban J connectivity index is 1.38. The molecule has 6 aromatic rings. The minimum Gasteiger partial charge on any atom is -0.465 e. The highest BCUT2D eigenvalue weighted by molar-refractivity contribution is 7.13. The molecule has 1 amide bonds. The second kappa shape index (κ2) is 9.36. The van der Waals surface area contributed by atoms with Crippen molar-refractivity contribution in [1.29, 1.82) is 0 Å². The molecule has 4 aromatic heterocycles. The molecule has 0 bridgehead atoms. The van der Waals surface area contributed by atoms with E-state index < -0.39 is 6.09 Å². The number of benzene rings is 2. The summed E-state index contributed by atoms with van der Waals surface area (Å²) in [6.45, 7) is 0.321. The number of hydrogen-bond donors (Lipinski definition) is 1. The molecule has 0 aliphatic heterocycles. The van der Waals surface area contributed by atoms with Crippen LogP contribution in [0.15, 0.2) is 96.9 Å². The number of aromatic nitrogens is 5. The molecule has 37 heavy (non-hydrogen) atoms. The van der Waals surface area contributed by atoms with Crippen molar-refractivity contribution >= 4 is 28.5 Å². The first-order valence-electron chi connectivity index (χ1n) is 11.6. The molecule has 1 N–H and O–H groups in total. The summed E-state index contributed by atoms with van der Waals surface area (Å²) in [5.41, 5.74) is 5.53. The van der Waals surface area contributed by atoms with E-state index >= 15 is 0 Å². The fraction of sp³-hybridized carbons (Fsp3) is 0.0714. The molecule has 9 heteroatoms. The minimum absolute atomic E-state index is 0.321. The van der Waals surface area contributed by atoms with Crippen molar-refractivity contribution in [1.82, 2.24) is 29.0 Å². The molecule has 0 saturated heterocycles. The van der Waals surface area contributed by atoms with Gasteiger partial charge in [-0.3, -0.25) is 4.57 Å². The molecule has 0 spiro atoms. The van der Waals surface area contributed by atoms with E-state index in [4.69, 9.17) is 10.1 Å². The quantitative estimate of drug-likeness (QED) is 0.294. The summed E-state index contributed by atoms with van der Waals surface area (Å²) in [5.74, 6) is 0.794. The molecule has 2 aromatic carbocycles. The predicted molar refractivity (Wildman–Crippen MR) is 144 cm³/mol. The standard InChI is InChI=1S/C28H22N6O2S/c1-32(28(35)36)17-19-4-8-23(9-5-19)34-18-24(27-30-14-16-37-27)31-26(34)21-6-10-22(11-7-21)33-15-12-20-3-2-13-29-25(20)33/h2-16,18H,17H2,1H3,(H,35,36). The van der Waals surface area contributed by atoms with Gasteiger partial charge in [0.15, 0.2) is 0 Å². The van der Waals surface area contributed by atoms with Crippen LogP contribution < -0.4 is 0 Å². The Morgan fingerprint density at radius 2 is 1.70 bits per heavy atom. The largest absolute Gasteiger partial charge is 0.465 e. The van der Waals surface area contributed by atoms with Crippen molar-refractivity contribution in [2.45, 2.75) is 6.54 Å². The Hall–Kier alpha value is -4.76. The molecule has 0 aliphatic carbocycles. The van der Waals surface area contributed by atoms with Gasteiger partial charge in [0, 0.05) is 66.1 Å². The average molecular weight is 507 g/mol. The number of thiazole rings is 1. The van der Waals surface area contributed by atoms with Gasteiger partial charge in [-0.05, 0) is 60.2 Å². The highest BCUT2D eigenvalue weighted by Crippen LogP contribution is 2.30. The van der Waals surface area contributed by atoms with Crippen molar-refractivity contribution in [3.8, 4) is 33.5 Å². The smallest absolute Gasteiger partial charge is 0.407 e. The fourth-order valence-corrected chi connectivity index (χ4v) is 4.87. The lowest BCUT2D eigenvalue weighted by atomic mass is 10.1. The number of amides is 1. The van der Waals surface area contributed by atoms with Gasteiger partial charge >= 0.3 is 6.09 Å². The summed E-state index contributed by atoms with van der Waals surface area (Å²) >= 11 is 1.54. The summed E-state index contributed by atoms with van der Waals surface area (Å²) in [6, 6.07) is 22.1. The zero-order chi connectivity index (χ0) is 25.4. The fourth-order valence-electron chi connectivity index (χ4n) is 4.28. The van der Waals surface area contributed by atoms with Crippen LogP contribution in [0.25, 0.3) is 44.5 Å². The van der Waals surface area contributed by atoms with Crippen LogP contribution in [0, 0.1) is 0 Å². The maximum absolute atomic E-state index is 11.2. The number of fused-ring (bicyclic) bond motifs is 1. The van der Waals surface area contributed by atoms with E-state index in [1.807, 2.05) is 52.7 Å². The first-order chi connectivity index (χ1) is 18.1.